The summed E-state index contributed by atoms with van der Waals surface area (Å²) < 4.78 is 31.9. The van der Waals surface area contributed by atoms with Gasteiger partial charge in [-0.25, -0.2) is 4.57 Å². The lowest BCUT2D eigenvalue weighted by atomic mass is 10.0. The number of carbonyl (C=O) groups excluding carboxylic acids is 2. The van der Waals surface area contributed by atoms with Gasteiger partial charge < -0.3 is 14.4 Å². The summed E-state index contributed by atoms with van der Waals surface area (Å²) in [4.78, 5) is 34.3. The number of phosphoric ester groups is 1. The molecular weight excluding hydrogens is 627 g/mol. The van der Waals surface area contributed by atoms with Crippen LogP contribution in [0.5, 0.6) is 0 Å². The number of allylic oxidation sites excluding steroid dienone is 2. The van der Waals surface area contributed by atoms with Crippen LogP contribution in [-0.2, 0) is 32.7 Å². The summed E-state index contributed by atoms with van der Waals surface area (Å²) >= 11 is 0. The fourth-order valence-corrected chi connectivity index (χ4v) is 6.10. The Kier molecular flexibility index (Phi) is 34.7. The average molecular weight is 703 g/mol. The fraction of sp³-hybridized carbons (Fsp3) is 0.897. The normalized spacial score (nSPS) is 13.5. The Labute approximate surface area is 295 Å². The van der Waals surface area contributed by atoms with E-state index < -0.39 is 26.5 Å². The molecule has 0 bridgehead atoms. The summed E-state index contributed by atoms with van der Waals surface area (Å²) in [5.41, 5.74) is 0. The van der Waals surface area contributed by atoms with E-state index in [1.54, 1.807) is 0 Å². The summed E-state index contributed by atoms with van der Waals surface area (Å²) in [5, 5.41) is 0. The highest BCUT2D eigenvalue weighted by Crippen LogP contribution is 2.42. The number of hydrogen-bond acceptors (Lipinski definition) is 7. The summed E-state index contributed by atoms with van der Waals surface area (Å²) in [6, 6.07) is 0. The van der Waals surface area contributed by atoms with Crippen molar-refractivity contribution in [3.63, 3.8) is 0 Å². The lowest BCUT2D eigenvalue weighted by molar-refractivity contribution is -0.161. The van der Waals surface area contributed by atoms with Crippen molar-refractivity contribution in [1.29, 1.82) is 0 Å². The van der Waals surface area contributed by atoms with Crippen LogP contribution in [0.4, 0.5) is 0 Å². The molecular formula is C39H75O8P. The Morgan fingerprint density at radius 2 is 0.958 bits per heavy atom. The van der Waals surface area contributed by atoms with Crippen molar-refractivity contribution in [1.82, 2.24) is 0 Å². The highest BCUT2D eigenvalue weighted by Gasteiger charge is 2.24. The minimum atomic E-state index is -4.25. The minimum Gasteiger partial charge on any atom is -0.462 e. The van der Waals surface area contributed by atoms with Crippen LogP contribution >= 0.6 is 7.82 Å². The average Bonchev–Trinajstić information content (AvgIpc) is 3.07. The summed E-state index contributed by atoms with van der Waals surface area (Å²) in [5.74, 6) is -0.807. The van der Waals surface area contributed by atoms with Gasteiger partial charge in [0.2, 0.25) is 0 Å². The van der Waals surface area contributed by atoms with Crippen LogP contribution in [-0.4, -0.2) is 43.3 Å². The van der Waals surface area contributed by atoms with Crippen molar-refractivity contribution < 1.29 is 37.6 Å². The molecule has 0 aromatic carbocycles. The summed E-state index contributed by atoms with van der Waals surface area (Å²) in [6.07, 6.45) is 37.0. The number of phosphoric acid groups is 1. The molecule has 2 unspecified atom stereocenters. The van der Waals surface area contributed by atoms with Crippen molar-refractivity contribution in [3.05, 3.63) is 12.2 Å². The van der Waals surface area contributed by atoms with Gasteiger partial charge >= 0.3 is 19.8 Å². The van der Waals surface area contributed by atoms with Gasteiger partial charge in [0.25, 0.3) is 0 Å². The quantitative estimate of drug-likeness (QED) is 0.0295. The second-order valence-corrected chi connectivity index (χ2v) is 15.0. The Balaban J connectivity index is 3.96. The Bertz CT molecular complexity index is 803. The van der Waals surface area contributed by atoms with Crippen molar-refractivity contribution >= 4 is 19.8 Å². The Hall–Kier alpha value is -1.21. The third-order valence-corrected chi connectivity index (χ3v) is 9.70. The first-order valence-electron chi connectivity index (χ1n) is 19.9. The van der Waals surface area contributed by atoms with Crippen LogP contribution in [0.25, 0.3) is 0 Å². The van der Waals surface area contributed by atoms with E-state index in [1.165, 1.54) is 109 Å². The zero-order valence-corrected chi connectivity index (χ0v) is 32.3. The first kappa shape index (κ1) is 46.8. The van der Waals surface area contributed by atoms with E-state index >= 15 is 0 Å². The molecule has 1 N–H and O–H groups in total. The first-order chi connectivity index (χ1) is 23.3. The molecule has 0 saturated carbocycles. The monoisotopic (exact) mass is 703 g/mol. The third-order valence-electron chi connectivity index (χ3n) is 8.76. The third kappa shape index (κ3) is 34.6. The van der Waals surface area contributed by atoms with Crippen molar-refractivity contribution in [2.45, 2.75) is 206 Å². The van der Waals surface area contributed by atoms with Gasteiger partial charge in [0, 0.05) is 20.0 Å². The second kappa shape index (κ2) is 35.6. The molecule has 0 spiro atoms. The smallest absolute Gasteiger partial charge is 0.462 e. The van der Waals surface area contributed by atoms with E-state index in [9.17, 15) is 19.0 Å². The summed E-state index contributed by atoms with van der Waals surface area (Å²) in [6.45, 7) is 3.85. The molecule has 0 radical (unpaired) electrons. The van der Waals surface area contributed by atoms with Gasteiger partial charge in [-0.2, -0.15) is 0 Å². The van der Waals surface area contributed by atoms with Crippen LogP contribution in [0.1, 0.15) is 200 Å². The standard InChI is InChI=1S/C39H75O8P/c1-4-6-8-10-12-14-16-17-18-19-20-21-22-24-25-27-29-31-33-38(40)45-35-37(36-46-48(42,43)44-3)47-39(41)34-32-30-28-26-23-15-13-11-9-7-5-2/h11,13,37H,4-10,12,14-36H2,1-3H3,(H,42,43)/b13-11-. The van der Waals surface area contributed by atoms with Gasteiger partial charge in [-0.1, -0.05) is 167 Å². The molecule has 2 atom stereocenters. The molecule has 0 rings (SSSR count). The van der Waals surface area contributed by atoms with E-state index in [0.29, 0.717) is 12.8 Å². The molecule has 0 aliphatic carbocycles. The van der Waals surface area contributed by atoms with Crippen LogP contribution in [0.2, 0.25) is 0 Å². The molecule has 0 aromatic rings. The molecule has 0 amide bonds. The zero-order valence-electron chi connectivity index (χ0n) is 31.4. The molecule has 48 heavy (non-hydrogen) atoms. The first-order valence-corrected chi connectivity index (χ1v) is 21.4. The van der Waals surface area contributed by atoms with Crippen LogP contribution in [0.15, 0.2) is 12.2 Å². The molecule has 0 saturated heterocycles. The number of esters is 2. The maximum atomic E-state index is 12.4. The van der Waals surface area contributed by atoms with Crippen molar-refractivity contribution in [3.8, 4) is 0 Å². The second-order valence-electron chi connectivity index (χ2n) is 13.4. The molecule has 0 aromatic heterocycles. The summed E-state index contributed by atoms with van der Waals surface area (Å²) in [7, 11) is -3.19. The van der Waals surface area contributed by atoms with Crippen LogP contribution in [0.3, 0.4) is 0 Å². The molecule has 8 nitrogen and oxygen atoms in total. The van der Waals surface area contributed by atoms with Gasteiger partial charge in [0.05, 0.1) is 6.61 Å². The molecule has 0 fully saturated rings. The van der Waals surface area contributed by atoms with Crippen LogP contribution < -0.4 is 0 Å². The van der Waals surface area contributed by atoms with Gasteiger partial charge in [-0.15, -0.1) is 0 Å². The molecule has 284 valence electrons. The van der Waals surface area contributed by atoms with Gasteiger partial charge in [-0.3, -0.25) is 18.6 Å². The predicted molar refractivity (Wildman–Crippen MR) is 198 cm³/mol. The number of rotatable bonds is 37. The SMILES string of the molecule is CCCC/C=C\CCCCCCCC(=O)OC(COC(=O)CCCCCCCCCCCCCCCCCCCC)COP(=O)(O)OC. The van der Waals surface area contributed by atoms with Crippen molar-refractivity contribution in [2.24, 2.45) is 0 Å². The molecule has 9 heteroatoms. The van der Waals surface area contributed by atoms with Crippen molar-refractivity contribution in [2.75, 3.05) is 20.3 Å². The van der Waals surface area contributed by atoms with Gasteiger partial charge in [-0.05, 0) is 32.1 Å². The lowest BCUT2D eigenvalue weighted by Crippen LogP contribution is -2.29. The fourth-order valence-electron chi connectivity index (χ4n) is 5.64. The number of carbonyl (C=O) groups is 2. The highest BCUT2D eigenvalue weighted by molar-refractivity contribution is 7.47. The molecule has 0 aliphatic rings. The Morgan fingerprint density at radius 3 is 1.42 bits per heavy atom. The maximum Gasteiger partial charge on any atom is 0.472 e. The molecule has 0 aliphatic heterocycles. The van der Waals surface area contributed by atoms with Gasteiger partial charge in [0.1, 0.15) is 6.61 Å². The van der Waals surface area contributed by atoms with Crippen LogP contribution in [0, 0.1) is 0 Å². The van der Waals surface area contributed by atoms with E-state index in [0.717, 1.165) is 64.9 Å². The largest absolute Gasteiger partial charge is 0.472 e. The highest BCUT2D eigenvalue weighted by atomic mass is 31.2. The lowest BCUT2D eigenvalue weighted by Gasteiger charge is -2.19. The predicted octanol–water partition coefficient (Wildman–Crippen LogP) is 12.1. The topological polar surface area (TPSA) is 108 Å². The van der Waals surface area contributed by atoms with Gasteiger partial charge in [0.15, 0.2) is 6.10 Å². The van der Waals surface area contributed by atoms with E-state index in [4.69, 9.17) is 14.0 Å². The van der Waals surface area contributed by atoms with E-state index in [1.807, 2.05) is 0 Å². The maximum absolute atomic E-state index is 12.4. The number of unbranched alkanes of at least 4 members (excludes halogenated alkanes) is 24. The minimum absolute atomic E-state index is 0.223. The van der Waals surface area contributed by atoms with E-state index in [-0.39, 0.29) is 19.0 Å². The molecule has 0 heterocycles. The van der Waals surface area contributed by atoms with E-state index in [2.05, 4.69) is 30.5 Å². The number of hydrogen-bond donors (Lipinski definition) is 1. The zero-order chi connectivity index (χ0) is 35.4. The number of ether oxygens (including phenoxy) is 2. The Morgan fingerprint density at radius 1 is 0.562 bits per heavy atom.